The van der Waals surface area contributed by atoms with Gasteiger partial charge in [-0.05, 0) is 26.2 Å². The third kappa shape index (κ3) is 3.84. The molecule has 1 N–H and O–H groups in total. The first-order chi connectivity index (χ1) is 10.7. The molecule has 3 heterocycles. The molecular formula is C16H24N6. The molecular weight excluding hydrogens is 276 g/mol. The first-order valence-corrected chi connectivity index (χ1v) is 7.77. The van der Waals surface area contributed by atoms with Crippen LogP contribution < -0.4 is 5.32 Å². The van der Waals surface area contributed by atoms with Crippen LogP contribution in [0.4, 0.5) is 5.82 Å². The third-order valence-electron chi connectivity index (χ3n) is 3.91. The lowest BCUT2D eigenvalue weighted by Crippen LogP contribution is -2.37. The number of hydrogen-bond acceptors (Lipinski definition) is 5. The Morgan fingerprint density at radius 3 is 2.95 bits per heavy atom. The number of nitrogens with one attached hydrogen (secondary N) is 1. The van der Waals surface area contributed by atoms with Crippen molar-refractivity contribution >= 4 is 5.82 Å². The summed E-state index contributed by atoms with van der Waals surface area (Å²) in [6, 6.07) is 5.87. The molecule has 2 aromatic rings. The summed E-state index contributed by atoms with van der Waals surface area (Å²) in [5.74, 6) is 2.06. The molecule has 0 unspecified atom stereocenters. The fraction of sp³-hybridized carbons (Fsp3) is 0.500. The zero-order chi connectivity index (χ0) is 15.4. The highest BCUT2D eigenvalue weighted by Gasteiger charge is 2.18. The van der Waals surface area contributed by atoms with Gasteiger partial charge in [0.05, 0.1) is 18.8 Å². The first-order valence-electron chi connectivity index (χ1n) is 7.77. The summed E-state index contributed by atoms with van der Waals surface area (Å²) in [4.78, 5) is 13.7. The van der Waals surface area contributed by atoms with E-state index in [1.54, 1.807) is 6.20 Å². The highest BCUT2D eigenvalue weighted by atomic mass is 15.3. The molecule has 0 saturated carbocycles. The fourth-order valence-corrected chi connectivity index (χ4v) is 2.63. The first kappa shape index (κ1) is 15.0. The predicted molar refractivity (Wildman–Crippen MR) is 87.6 cm³/mol. The topological polar surface area (TPSA) is 49.2 Å². The van der Waals surface area contributed by atoms with Crippen molar-refractivity contribution in [1.29, 1.82) is 0 Å². The van der Waals surface area contributed by atoms with E-state index in [1.165, 1.54) is 5.82 Å². The zero-order valence-corrected chi connectivity index (χ0v) is 13.4. The molecule has 0 spiro atoms. The van der Waals surface area contributed by atoms with Gasteiger partial charge in [0.2, 0.25) is 0 Å². The highest BCUT2D eigenvalue weighted by Crippen LogP contribution is 2.13. The van der Waals surface area contributed by atoms with Crippen LogP contribution in [0.15, 0.2) is 30.6 Å². The van der Waals surface area contributed by atoms with E-state index in [-0.39, 0.29) is 0 Å². The van der Waals surface area contributed by atoms with Crippen LogP contribution in [0, 0.1) is 0 Å². The van der Waals surface area contributed by atoms with Gasteiger partial charge in [0.25, 0.3) is 0 Å². The lowest BCUT2D eigenvalue weighted by molar-refractivity contribution is 0.196. The third-order valence-corrected chi connectivity index (χ3v) is 3.91. The number of aromatic nitrogens is 3. The van der Waals surface area contributed by atoms with Crippen LogP contribution in [0.2, 0.25) is 0 Å². The Bertz CT molecular complexity index is 592. The number of imidazole rings is 1. The fourth-order valence-electron chi connectivity index (χ4n) is 2.63. The molecule has 0 bridgehead atoms. The van der Waals surface area contributed by atoms with Gasteiger partial charge in [-0.25, -0.2) is 9.97 Å². The van der Waals surface area contributed by atoms with Gasteiger partial charge in [0, 0.05) is 38.6 Å². The number of fused-ring (bicyclic) bond motifs is 1. The molecule has 0 aromatic carbocycles. The minimum atomic E-state index is 0.717. The van der Waals surface area contributed by atoms with Crippen molar-refractivity contribution in [3.63, 3.8) is 0 Å². The van der Waals surface area contributed by atoms with Gasteiger partial charge in [-0.1, -0.05) is 6.07 Å². The van der Waals surface area contributed by atoms with Gasteiger partial charge in [-0.3, -0.25) is 4.90 Å². The molecule has 6 nitrogen and oxygen atoms in total. The second-order valence-corrected chi connectivity index (χ2v) is 5.99. The molecule has 0 atom stereocenters. The van der Waals surface area contributed by atoms with Crippen LogP contribution in [0.25, 0.3) is 0 Å². The van der Waals surface area contributed by atoms with Crippen molar-refractivity contribution in [1.82, 2.24) is 24.3 Å². The maximum Gasteiger partial charge on any atom is 0.126 e. The number of anilines is 1. The van der Waals surface area contributed by atoms with Crippen LogP contribution in [0.3, 0.4) is 0 Å². The van der Waals surface area contributed by atoms with Crippen LogP contribution in [-0.2, 0) is 19.6 Å². The van der Waals surface area contributed by atoms with E-state index in [1.807, 2.05) is 18.2 Å². The normalized spacial score (nSPS) is 15.0. The monoisotopic (exact) mass is 300 g/mol. The van der Waals surface area contributed by atoms with E-state index >= 15 is 0 Å². The maximum atomic E-state index is 4.76. The number of nitrogens with zero attached hydrogens (tertiary/aromatic N) is 5. The van der Waals surface area contributed by atoms with Crippen molar-refractivity contribution in [2.45, 2.75) is 19.6 Å². The van der Waals surface area contributed by atoms with Gasteiger partial charge < -0.3 is 14.8 Å². The predicted octanol–water partition coefficient (Wildman–Crippen LogP) is 1.27. The van der Waals surface area contributed by atoms with Gasteiger partial charge >= 0.3 is 0 Å². The number of hydrogen-bond donors (Lipinski definition) is 1. The summed E-state index contributed by atoms with van der Waals surface area (Å²) in [6.07, 6.45) is 3.96. The van der Waals surface area contributed by atoms with Gasteiger partial charge in [-0.15, -0.1) is 0 Å². The second kappa shape index (κ2) is 6.89. The number of rotatable bonds is 6. The Kier molecular flexibility index (Phi) is 4.70. The molecule has 0 radical (unpaired) electrons. The molecule has 118 valence electrons. The SMILES string of the molecule is CN(C)CCN1CCn2cc(CNc3ccccn3)nc2C1. The second-order valence-electron chi connectivity index (χ2n) is 5.99. The number of pyridine rings is 1. The van der Waals surface area contributed by atoms with Crippen LogP contribution in [0.5, 0.6) is 0 Å². The molecule has 3 rings (SSSR count). The van der Waals surface area contributed by atoms with Crippen molar-refractivity contribution in [2.24, 2.45) is 0 Å². The Balaban J connectivity index is 1.56. The standard InChI is InChI=1S/C16H24N6/c1-20(2)7-8-21-9-10-22-12-14(19-16(22)13-21)11-18-15-5-3-4-6-17-15/h3-6,12H,7-11,13H2,1-2H3,(H,17,18). The summed E-state index contributed by atoms with van der Waals surface area (Å²) >= 11 is 0. The molecule has 0 amide bonds. The van der Waals surface area contributed by atoms with Gasteiger partial charge in [0.15, 0.2) is 0 Å². The summed E-state index contributed by atoms with van der Waals surface area (Å²) in [5, 5.41) is 3.31. The number of likely N-dealkylation sites (N-methyl/N-ethyl adjacent to an activating group) is 1. The molecule has 0 aliphatic carbocycles. The largest absolute Gasteiger partial charge is 0.364 e. The summed E-state index contributed by atoms with van der Waals surface area (Å²) in [6.45, 7) is 5.98. The molecule has 0 saturated heterocycles. The summed E-state index contributed by atoms with van der Waals surface area (Å²) in [5.41, 5.74) is 1.08. The van der Waals surface area contributed by atoms with Crippen LogP contribution in [-0.4, -0.2) is 58.1 Å². The summed E-state index contributed by atoms with van der Waals surface area (Å²) < 4.78 is 2.28. The van der Waals surface area contributed by atoms with Crippen molar-refractivity contribution < 1.29 is 0 Å². The zero-order valence-electron chi connectivity index (χ0n) is 13.4. The Morgan fingerprint density at radius 2 is 2.18 bits per heavy atom. The van der Waals surface area contributed by atoms with E-state index in [9.17, 15) is 0 Å². The maximum absolute atomic E-state index is 4.76. The minimum absolute atomic E-state index is 0.717. The Labute approximate surface area is 131 Å². The molecule has 1 aliphatic rings. The van der Waals surface area contributed by atoms with Crippen LogP contribution in [0.1, 0.15) is 11.5 Å². The van der Waals surface area contributed by atoms with Crippen molar-refractivity contribution in [3.8, 4) is 0 Å². The Hall–Kier alpha value is -1.92. The van der Waals surface area contributed by atoms with E-state index in [0.29, 0.717) is 6.54 Å². The van der Waals surface area contributed by atoms with E-state index in [4.69, 9.17) is 4.98 Å². The van der Waals surface area contributed by atoms with E-state index < -0.39 is 0 Å². The molecule has 1 aliphatic heterocycles. The average molecular weight is 300 g/mol. The minimum Gasteiger partial charge on any atom is -0.364 e. The molecule has 22 heavy (non-hydrogen) atoms. The van der Waals surface area contributed by atoms with Crippen molar-refractivity contribution in [3.05, 3.63) is 42.1 Å². The lowest BCUT2D eigenvalue weighted by atomic mass is 10.3. The van der Waals surface area contributed by atoms with Gasteiger partial charge in [-0.2, -0.15) is 0 Å². The summed E-state index contributed by atoms with van der Waals surface area (Å²) in [7, 11) is 4.23. The van der Waals surface area contributed by atoms with Crippen molar-refractivity contribution in [2.75, 3.05) is 39.0 Å². The molecule has 2 aromatic heterocycles. The molecule has 6 heteroatoms. The van der Waals surface area contributed by atoms with E-state index in [2.05, 4.69) is 45.0 Å². The van der Waals surface area contributed by atoms with Gasteiger partial charge in [0.1, 0.15) is 11.6 Å². The lowest BCUT2D eigenvalue weighted by Gasteiger charge is -2.28. The quantitative estimate of drug-likeness (QED) is 0.870. The highest BCUT2D eigenvalue weighted by molar-refractivity contribution is 5.33. The average Bonchev–Trinajstić information content (AvgIpc) is 2.94. The Morgan fingerprint density at radius 1 is 1.27 bits per heavy atom. The smallest absolute Gasteiger partial charge is 0.126 e. The molecule has 0 fully saturated rings. The van der Waals surface area contributed by atoms with Crippen LogP contribution >= 0.6 is 0 Å². The van der Waals surface area contributed by atoms with E-state index in [0.717, 1.165) is 44.2 Å².